The van der Waals surface area contributed by atoms with Crippen molar-refractivity contribution in [1.29, 1.82) is 0 Å². The Bertz CT molecular complexity index is 901. The molecule has 4 nitrogen and oxygen atoms in total. The zero-order chi connectivity index (χ0) is 18.0. The van der Waals surface area contributed by atoms with E-state index in [1.807, 2.05) is 25.1 Å². The summed E-state index contributed by atoms with van der Waals surface area (Å²) in [5.74, 6) is -2.01. The average molecular weight is 344 g/mol. The largest absolute Gasteiger partial charge is 0.386 e. The first-order chi connectivity index (χ1) is 12.0. The predicted molar refractivity (Wildman–Crippen MR) is 91.1 cm³/mol. The zero-order valence-corrected chi connectivity index (χ0v) is 13.6. The van der Waals surface area contributed by atoms with E-state index in [-0.39, 0.29) is 18.9 Å². The molecule has 2 aromatic carbocycles. The maximum Gasteiger partial charge on any atom is 0.224 e. The molecule has 130 valence electrons. The molecule has 6 heteroatoms. The van der Waals surface area contributed by atoms with Gasteiger partial charge in [-0.15, -0.1) is 0 Å². The summed E-state index contributed by atoms with van der Waals surface area (Å²) in [6, 6.07) is 9.17. The Hall–Kier alpha value is -2.73. The fourth-order valence-corrected chi connectivity index (χ4v) is 2.89. The van der Waals surface area contributed by atoms with Gasteiger partial charge in [-0.25, -0.2) is 8.78 Å². The minimum atomic E-state index is -1.45. The summed E-state index contributed by atoms with van der Waals surface area (Å²) in [4.78, 5) is 15.3. The number of hydrogen-bond donors (Lipinski definition) is 3. The SMILES string of the molecule is Cc1cccc2c(CC(=O)NCC(O)c3c(F)cccc3F)c[nH]c12. The minimum absolute atomic E-state index is 0.107. The van der Waals surface area contributed by atoms with Gasteiger partial charge in [-0.3, -0.25) is 4.79 Å². The highest BCUT2D eigenvalue weighted by molar-refractivity contribution is 5.90. The first-order valence-corrected chi connectivity index (χ1v) is 7.91. The van der Waals surface area contributed by atoms with Gasteiger partial charge >= 0.3 is 0 Å². The number of benzene rings is 2. The third-order valence-electron chi connectivity index (χ3n) is 4.19. The van der Waals surface area contributed by atoms with Crippen molar-refractivity contribution < 1.29 is 18.7 Å². The fraction of sp³-hybridized carbons (Fsp3) is 0.211. The average Bonchev–Trinajstić information content (AvgIpc) is 2.97. The molecule has 1 amide bonds. The summed E-state index contributed by atoms with van der Waals surface area (Å²) in [6.07, 6.45) is 0.426. The number of carbonyl (C=O) groups excluding carboxylic acids is 1. The summed E-state index contributed by atoms with van der Waals surface area (Å²) >= 11 is 0. The maximum atomic E-state index is 13.6. The van der Waals surface area contributed by atoms with E-state index in [1.54, 1.807) is 6.20 Å². The van der Waals surface area contributed by atoms with Crippen LogP contribution in [0.4, 0.5) is 8.78 Å². The minimum Gasteiger partial charge on any atom is -0.386 e. The first-order valence-electron chi connectivity index (χ1n) is 7.91. The Morgan fingerprint density at radius 1 is 1.20 bits per heavy atom. The van der Waals surface area contributed by atoms with Gasteiger partial charge in [0, 0.05) is 23.6 Å². The van der Waals surface area contributed by atoms with Gasteiger partial charge in [0.2, 0.25) is 5.91 Å². The molecule has 0 aliphatic carbocycles. The van der Waals surface area contributed by atoms with Gasteiger partial charge in [0.1, 0.15) is 17.7 Å². The van der Waals surface area contributed by atoms with Crippen LogP contribution in [0.3, 0.4) is 0 Å². The normalized spacial score (nSPS) is 12.3. The number of fused-ring (bicyclic) bond motifs is 1. The number of aromatic nitrogens is 1. The Labute approximate surface area is 143 Å². The molecule has 1 heterocycles. The van der Waals surface area contributed by atoms with Gasteiger partial charge in [0.25, 0.3) is 0 Å². The molecule has 3 rings (SSSR count). The molecule has 3 aromatic rings. The highest BCUT2D eigenvalue weighted by Gasteiger charge is 2.18. The molecule has 0 radical (unpaired) electrons. The lowest BCUT2D eigenvalue weighted by molar-refractivity contribution is -0.120. The van der Waals surface area contributed by atoms with E-state index in [0.717, 1.165) is 34.2 Å². The number of aromatic amines is 1. The van der Waals surface area contributed by atoms with Crippen molar-refractivity contribution in [3.05, 3.63) is 70.9 Å². The maximum absolute atomic E-state index is 13.6. The van der Waals surface area contributed by atoms with Gasteiger partial charge in [0.05, 0.1) is 12.0 Å². The van der Waals surface area contributed by atoms with E-state index in [2.05, 4.69) is 10.3 Å². The van der Waals surface area contributed by atoms with Gasteiger partial charge < -0.3 is 15.4 Å². The quantitative estimate of drug-likeness (QED) is 0.666. The van der Waals surface area contributed by atoms with Crippen LogP contribution in [0.1, 0.15) is 22.8 Å². The topological polar surface area (TPSA) is 65.1 Å². The molecule has 3 N–H and O–H groups in total. The zero-order valence-electron chi connectivity index (χ0n) is 13.6. The van der Waals surface area contributed by atoms with Crippen molar-refractivity contribution >= 4 is 16.8 Å². The van der Waals surface area contributed by atoms with Gasteiger partial charge in [-0.2, -0.15) is 0 Å². The third-order valence-corrected chi connectivity index (χ3v) is 4.19. The summed E-state index contributed by atoms with van der Waals surface area (Å²) < 4.78 is 27.3. The lowest BCUT2D eigenvalue weighted by Crippen LogP contribution is -2.30. The van der Waals surface area contributed by atoms with E-state index in [4.69, 9.17) is 0 Å². The van der Waals surface area contributed by atoms with Gasteiger partial charge in [-0.05, 0) is 30.2 Å². The van der Waals surface area contributed by atoms with E-state index < -0.39 is 23.3 Å². The van der Waals surface area contributed by atoms with Crippen LogP contribution in [0.2, 0.25) is 0 Å². The van der Waals surface area contributed by atoms with Crippen molar-refractivity contribution in [3.63, 3.8) is 0 Å². The van der Waals surface area contributed by atoms with Crippen LogP contribution in [0.15, 0.2) is 42.6 Å². The first kappa shape index (κ1) is 17.1. The van der Waals surface area contributed by atoms with E-state index in [1.165, 1.54) is 6.07 Å². The molecule has 1 unspecified atom stereocenters. The molecular weight excluding hydrogens is 326 g/mol. The lowest BCUT2D eigenvalue weighted by atomic mass is 10.1. The summed E-state index contributed by atoms with van der Waals surface area (Å²) in [7, 11) is 0. The summed E-state index contributed by atoms with van der Waals surface area (Å²) in [5.41, 5.74) is 2.43. The van der Waals surface area contributed by atoms with Crippen LogP contribution < -0.4 is 5.32 Å². The van der Waals surface area contributed by atoms with Crippen LogP contribution in [0, 0.1) is 18.6 Å². The van der Waals surface area contributed by atoms with Crippen molar-refractivity contribution in [3.8, 4) is 0 Å². The molecule has 0 saturated heterocycles. The van der Waals surface area contributed by atoms with E-state index >= 15 is 0 Å². The molecule has 0 saturated carbocycles. The second-order valence-electron chi connectivity index (χ2n) is 5.94. The number of H-pyrrole nitrogens is 1. The smallest absolute Gasteiger partial charge is 0.224 e. The standard InChI is InChI=1S/C19H18F2N2O2/c1-11-4-2-5-13-12(9-23-19(11)13)8-17(25)22-10-16(24)18-14(20)6-3-7-15(18)21/h2-7,9,16,23-24H,8,10H2,1H3,(H,22,25). The van der Waals surface area contributed by atoms with Crippen molar-refractivity contribution in [2.24, 2.45) is 0 Å². The van der Waals surface area contributed by atoms with Gasteiger partial charge in [-0.1, -0.05) is 24.3 Å². The van der Waals surface area contributed by atoms with Crippen LogP contribution in [0.5, 0.6) is 0 Å². The Balaban J connectivity index is 1.66. The number of hydrogen-bond acceptors (Lipinski definition) is 2. The predicted octanol–water partition coefficient (Wildman–Crippen LogP) is 3.15. The Morgan fingerprint density at radius 3 is 2.60 bits per heavy atom. The third kappa shape index (κ3) is 3.53. The number of halogens is 2. The number of amides is 1. The second kappa shape index (κ2) is 7.03. The number of aryl methyl sites for hydroxylation is 1. The van der Waals surface area contributed by atoms with Crippen molar-refractivity contribution in [1.82, 2.24) is 10.3 Å². The van der Waals surface area contributed by atoms with Crippen LogP contribution >= 0.6 is 0 Å². The molecule has 0 aliphatic heterocycles. The van der Waals surface area contributed by atoms with Crippen molar-refractivity contribution in [2.75, 3.05) is 6.54 Å². The molecule has 1 aromatic heterocycles. The molecule has 0 aliphatic rings. The number of aliphatic hydroxyl groups excluding tert-OH is 1. The second-order valence-corrected chi connectivity index (χ2v) is 5.94. The van der Waals surface area contributed by atoms with Crippen LogP contribution in [-0.4, -0.2) is 22.5 Å². The lowest BCUT2D eigenvalue weighted by Gasteiger charge is -2.13. The molecule has 0 fully saturated rings. The molecule has 0 bridgehead atoms. The summed E-state index contributed by atoms with van der Waals surface area (Å²) in [6.45, 7) is 1.71. The Morgan fingerprint density at radius 2 is 1.88 bits per heavy atom. The number of aliphatic hydroxyl groups is 1. The van der Waals surface area contributed by atoms with E-state index in [0.29, 0.717) is 0 Å². The van der Waals surface area contributed by atoms with Crippen LogP contribution in [-0.2, 0) is 11.2 Å². The number of para-hydroxylation sites is 1. The number of nitrogens with one attached hydrogen (secondary N) is 2. The monoisotopic (exact) mass is 344 g/mol. The Kier molecular flexibility index (Phi) is 4.81. The number of carbonyl (C=O) groups is 1. The highest BCUT2D eigenvalue weighted by Crippen LogP contribution is 2.22. The van der Waals surface area contributed by atoms with Crippen molar-refractivity contribution in [2.45, 2.75) is 19.4 Å². The summed E-state index contributed by atoms with van der Waals surface area (Å²) in [5, 5.41) is 13.4. The molecule has 25 heavy (non-hydrogen) atoms. The highest BCUT2D eigenvalue weighted by atomic mass is 19.1. The van der Waals surface area contributed by atoms with E-state index in [9.17, 15) is 18.7 Å². The van der Waals surface area contributed by atoms with Gasteiger partial charge in [0.15, 0.2) is 0 Å². The molecular formula is C19H18F2N2O2. The fourth-order valence-electron chi connectivity index (χ4n) is 2.89. The number of rotatable bonds is 5. The molecule has 0 spiro atoms. The molecule has 1 atom stereocenters. The van der Waals surface area contributed by atoms with Crippen LogP contribution in [0.25, 0.3) is 10.9 Å².